The largest absolute Gasteiger partial charge is 0.488 e. The van der Waals surface area contributed by atoms with Gasteiger partial charge in [0.15, 0.2) is 11.7 Å². The highest BCUT2D eigenvalue weighted by Gasteiger charge is 2.32. The number of rotatable bonds is 11. The molecule has 3 N–H and O–H groups in total. The Morgan fingerprint density at radius 1 is 1.02 bits per heavy atom. The average Bonchev–Trinajstić information content (AvgIpc) is 2.97. The third kappa shape index (κ3) is 8.61. The minimum Gasteiger partial charge on any atom is -0.488 e. The molecule has 224 valence electrons. The second-order valence-corrected chi connectivity index (χ2v) is 10.8. The van der Waals surface area contributed by atoms with Crippen LogP contribution in [0, 0.1) is 0 Å². The number of carbonyl (C=O) groups is 2. The first-order valence-electron chi connectivity index (χ1n) is 13.0. The van der Waals surface area contributed by atoms with Gasteiger partial charge < -0.3 is 24.8 Å². The monoisotopic (exact) mass is 660 g/mol. The van der Waals surface area contributed by atoms with Gasteiger partial charge >= 0.3 is 5.97 Å². The van der Waals surface area contributed by atoms with Crippen molar-refractivity contribution >= 4 is 70.2 Å². The fourth-order valence-corrected chi connectivity index (χ4v) is 4.92. The lowest BCUT2D eigenvalue weighted by Gasteiger charge is -2.30. The zero-order valence-electron chi connectivity index (χ0n) is 23.1. The fourth-order valence-electron chi connectivity index (χ4n) is 4.15. The van der Waals surface area contributed by atoms with Crippen LogP contribution in [-0.2, 0) is 20.9 Å². The lowest BCUT2D eigenvalue weighted by molar-refractivity contribution is -0.139. The summed E-state index contributed by atoms with van der Waals surface area (Å²) in [5, 5.41) is 11.8. The number of ether oxygens (including phenoxy) is 3. The van der Waals surface area contributed by atoms with E-state index in [1.807, 2.05) is 0 Å². The van der Waals surface area contributed by atoms with Crippen molar-refractivity contribution in [2.24, 2.45) is 5.10 Å². The highest BCUT2D eigenvalue weighted by Crippen LogP contribution is 2.33. The number of hydrazone groups is 1. The number of amides is 1. The number of nitrogens with zero attached hydrogens (tertiary/aromatic N) is 1. The summed E-state index contributed by atoms with van der Waals surface area (Å²) in [5.41, 5.74) is 5.33. The van der Waals surface area contributed by atoms with Crippen molar-refractivity contribution in [2.75, 3.05) is 13.2 Å². The lowest BCUT2D eigenvalue weighted by atomic mass is 9.95. The number of para-hydroxylation sites is 1. The molecule has 3 aromatic carbocycles. The highest BCUT2D eigenvalue weighted by molar-refractivity contribution is 7.80. The number of carbonyl (C=O) groups excluding carboxylic acids is 2. The van der Waals surface area contributed by atoms with Crippen LogP contribution in [0.4, 0.5) is 0 Å². The van der Waals surface area contributed by atoms with Crippen LogP contribution in [0.1, 0.15) is 36.6 Å². The zero-order valence-corrected chi connectivity index (χ0v) is 26.2. The van der Waals surface area contributed by atoms with E-state index in [4.69, 9.17) is 61.2 Å². The summed E-state index contributed by atoms with van der Waals surface area (Å²) in [7, 11) is 0. The van der Waals surface area contributed by atoms with Gasteiger partial charge in [0.2, 0.25) is 0 Å². The Morgan fingerprint density at radius 2 is 1.81 bits per heavy atom. The summed E-state index contributed by atoms with van der Waals surface area (Å²) in [6.45, 7) is 3.56. The quantitative estimate of drug-likeness (QED) is 0.0978. The normalized spacial score (nSPS) is 14.6. The van der Waals surface area contributed by atoms with Gasteiger partial charge in [0.25, 0.3) is 5.91 Å². The molecule has 0 radical (unpaired) electrons. The molecule has 1 amide bonds. The van der Waals surface area contributed by atoms with E-state index in [1.54, 1.807) is 74.5 Å². The van der Waals surface area contributed by atoms with Crippen molar-refractivity contribution in [3.63, 3.8) is 0 Å². The minimum absolute atomic E-state index is 0.214. The summed E-state index contributed by atoms with van der Waals surface area (Å²) in [4.78, 5) is 25.4. The molecule has 0 bridgehead atoms. The van der Waals surface area contributed by atoms with Crippen LogP contribution < -0.4 is 25.5 Å². The average molecular weight is 662 g/mol. The van der Waals surface area contributed by atoms with E-state index >= 15 is 0 Å². The Hall–Kier alpha value is -3.83. The van der Waals surface area contributed by atoms with Crippen molar-refractivity contribution in [3.05, 3.63) is 104 Å². The fraction of sp³-hybridized carbons (Fsp3) is 0.200. The van der Waals surface area contributed by atoms with E-state index in [0.717, 1.165) is 5.56 Å². The number of esters is 1. The molecule has 1 aliphatic heterocycles. The van der Waals surface area contributed by atoms with Gasteiger partial charge in [-0.3, -0.25) is 4.79 Å². The molecule has 0 aromatic heterocycles. The van der Waals surface area contributed by atoms with Crippen LogP contribution in [0.3, 0.4) is 0 Å². The van der Waals surface area contributed by atoms with Crippen LogP contribution in [0.5, 0.6) is 11.5 Å². The van der Waals surface area contributed by atoms with Crippen molar-refractivity contribution in [1.29, 1.82) is 0 Å². The molecule has 4 rings (SSSR count). The van der Waals surface area contributed by atoms with E-state index in [0.29, 0.717) is 54.1 Å². The van der Waals surface area contributed by atoms with Gasteiger partial charge in [-0.2, -0.15) is 5.10 Å². The molecule has 1 aliphatic rings. The number of thiocarbonyl (C=S) groups is 1. The number of allylic oxidation sites excluding steroid dienone is 1. The number of hydrogen-bond acceptors (Lipinski definition) is 7. The number of halogens is 3. The second-order valence-electron chi connectivity index (χ2n) is 9.13. The third-order valence-corrected chi connectivity index (χ3v) is 7.29. The molecule has 0 fully saturated rings. The summed E-state index contributed by atoms with van der Waals surface area (Å²) < 4.78 is 17.0. The molecule has 0 saturated carbocycles. The van der Waals surface area contributed by atoms with Gasteiger partial charge in [0.05, 0.1) is 34.5 Å². The smallest absolute Gasteiger partial charge is 0.338 e. The topological polar surface area (TPSA) is 110 Å². The van der Waals surface area contributed by atoms with E-state index in [-0.39, 0.29) is 19.8 Å². The minimum atomic E-state index is -0.643. The van der Waals surface area contributed by atoms with Crippen molar-refractivity contribution in [2.45, 2.75) is 26.5 Å². The first kappa shape index (κ1) is 32.1. The molecule has 0 unspecified atom stereocenters. The Labute approximate surface area is 269 Å². The van der Waals surface area contributed by atoms with E-state index in [1.165, 1.54) is 6.21 Å². The van der Waals surface area contributed by atoms with Gasteiger partial charge in [-0.15, -0.1) is 0 Å². The van der Waals surface area contributed by atoms with Crippen LogP contribution >= 0.6 is 47.0 Å². The van der Waals surface area contributed by atoms with Crippen molar-refractivity contribution < 1.29 is 23.8 Å². The highest BCUT2D eigenvalue weighted by atomic mass is 35.5. The molecule has 0 aliphatic carbocycles. The van der Waals surface area contributed by atoms with E-state index in [9.17, 15) is 9.59 Å². The summed E-state index contributed by atoms with van der Waals surface area (Å²) in [5.74, 6) is -0.133. The Balaban J connectivity index is 1.41. The van der Waals surface area contributed by atoms with Crippen LogP contribution in [0.2, 0.25) is 15.1 Å². The molecular formula is C30H27Cl3N4O5S. The Bertz CT molecular complexity index is 1600. The maximum Gasteiger partial charge on any atom is 0.338 e. The van der Waals surface area contributed by atoms with Crippen molar-refractivity contribution in [1.82, 2.24) is 16.1 Å². The summed E-state index contributed by atoms with van der Waals surface area (Å²) in [6.07, 6.45) is 1.42. The van der Waals surface area contributed by atoms with Crippen molar-refractivity contribution in [3.8, 4) is 11.5 Å². The molecular weight excluding hydrogens is 635 g/mol. The predicted molar refractivity (Wildman–Crippen MR) is 171 cm³/mol. The lowest BCUT2D eigenvalue weighted by Crippen LogP contribution is -2.45. The molecule has 0 saturated heterocycles. The number of benzene rings is 3. The second kappa shape index (κ2) is 15.1. The predicted octanol–water partition coefficient (Wildman–Crippen LogP) is 6.11. The van der Waals surface area contributed by atoms with Gasteiger partial charge in [-0.1, -0.05) is 59.1 Å². The number of nitrogens with one attached hydrogen (secondary N) is 3. The molecule has 3 aromatic rings. The maximum absolute atomic E-state index is 12.7. The standard InChI is InChI=1S/C30H27Cl3N4O5S/c1-3-40-29(39)27-17(2)35-30(43)36-28(27)21-6-4-5-7-25(21)42-16-26(38)37-34-14-19-13-20(31)9-11-24(19)41-15-18-8-10-22(32)23(33)12-18/h4-14,28H,3,15-16H2,1-2H3,(H,37,38)(H2,35,36,43)/t28-/m1/s1. The molecule has 1 heterocycles. The Morgan fingerprint density at radius 3 is 2.58 bits per heavy atom. The van der Waals surface area contributed by atoms with E-state index in [2.05, 4.69) is 21.2 Å². The van der Waals surface area contributed by atoms with Gasteiger partial charge in [-0.25, -0.2) is 10.2 Å². The molecule has 1 atom stereocenters. The maximum atomic E-state index is 12.7. The zero-order chi connectivity index (χ0) is 30.9. The van der Waals surface area contributed by atoms with Crippen LogP contribution in [0.25, 0.3) is 0 Å². The first-order chi connectivity index (χ1) is 20.7. The SMILES string of the molecule is CCOC(=O)C1=C(C)NC(=S)N[C@@H]1c1ccccc1OCC(=O)NN=Cc1cc(Cl)ccc1OCc1ccc(Cl)c(Cl)c1. The summed E-state index contributed by atoms with van der Waals surface area (Å²) in [6, 6.07) is 16.6. The summed E-state index contributed by atoms with van der Waals surface area (Å²) >= 11 is 23.6. The van der Waals surface area contributed by atoms with Crippen LogP contribution in [0.15, 0.2) is 77.0 Å². The van der Waals surface area contributed by atoms with E-state index < -0.39 is 17.9 Å². The number of hydrogen-bond donors (Lipinski definition) is 3. The van der Waals surface area contributed by atoms with Crippen LogP contribution in [-0.4, -0.2) is 36.4 Å². The van der Waals surface area contributed by atoms with Gasteiger partial charge in [-0.05, 0) is 68.0 Å². The molecule has 13 heteroatoms. The Kier molecular flexibility index (Phi) is 11.2. The van der Waals surface area contributed by atoms with Gasteiger partial charge in [0.1, 0.15) is 18.1 Å². The first-order valence-corrected chi connectivity index (χ1v) is 14.6. The third-order valence-electron chi connectivity index (χ3n) is 6.10. The van der Waals surface area contributed by atoms with Gasteiger partial charge in [0, 0.05) is 21.8 Å². The molecule has 43 heavy (non-hydrogen) atoms. The molecule has 9 nitrogen and oxygen atoms in total. The molecule has 0 spiro atoms.